The van der Waals surface area contributed by atoms with Crippen LogP contribution in [-0.2, 0) is 6.54 Å². The van der Waals surface area contributed by atoms with Crippen molar-refractivity contribution >= 4 is 29.9 Å². The summed E-state index contributed by atoms with van der Waals surface area (Å²) in [4.78, 5) is 4.63. The molecule has 0 heterocycles. The summed E-state index contributed by atoms with van der Waals surface area (Å²) in [6, 6.07) is 8.47. The molecule has 0 aliphatic heterocycles. The molecule has 0 unspecified atom stereocenters. The second-order valence-electron chi connectivity index (χ2n) is 6.29. The molecule has 0 aromatic heterocycles. The molecule has 4 nitrogen and oxygen atoms in total. The van der Waals surface area contributed by atoms with Gasteiger partial charge in [-0.15, -0.1) is 24.0 Å². The highest BCUT2D eigenvalue weighted by atomic mass is 127. The first-order valence-electron chi connectivity index (χ1n) is 7.73. The van der Waals surface area contributed by atoms with Gasteiger partial charge in [0, 0.05) is 25.2 Å². The second kappa shape index (κ2) is 10.8. The van der Waals surface area contributed by atoms with E-state index in [-0.39, 0.29) is 29.5 Å². The molecule has 126 valence electrons. The Hall–Kier alpha value is -0.820. The summed E-state index contributed by atoms with van der Waals surface area (Å²) in [6.07, 6.45) is 0. The Bertz CT molecular complexity index is 452. The third-order valence-electron chi connectivity index (χ3n) is 2.92. The lowest BCUT2D eigenvalue weighted by Crippen LogP contribution is -2.44. The fourth-order valence-corrected chi connectivity index (χ4v) is 1.94. The lowest BCUT2D eigenvalue weighted by atomic mass is 10.1. The van der Waals surface area contributed by atoms with Gasteiger partial charge >= 0.3 is 0 Å². The van der Waals surface area contributed by atoms with Gasteiger partial charge in [0.05, 0.1) is 6.54 Å². The van der Waals surface area contributed by atoms with Crippen LogP contribution in [0, 0.1) is 6.92 Å². The topological polar surface area (TPSA) is 48.5 Å². The van der Waals surface area contributed by atoms with Crippen LogP contribution in [0.3, 0.4) is 0 Å². The van der Waals surface area contributed by atoms with E-state index in [1.165, 1.54) is 11.1 Å². The maximum atomic E-state index is 4.63. The van der Waals surface area contributed by atoms with E-state index in [0.29, 0.717) is 6.54 Å². The fraction of sp³-hybridized carbons (Fsp3) is 0.588. The minimum absolute atomic E-state index is 0. The normalized spacial score (nSPS) is 11.8. The molecule has 0 radical (unpaired) electrons. The predicted molar refractivity (Wildman–Crippen MR) is 107 cm³/mol. The molecule has 3 N–H and O–H groups in total. The quantitative estimate of drug-likeness (QED) is 0.288. The van der Waals surface area contributed by atoms with Crippen LogP contribution in [0.1, 0.15) is 38.8 Å². The van der Waals surface area contributed by atoms with Gasteiger partial charge in [-0.3, -0.25) is 0 Å². The van der Waals surface area contributed by atoms with E-state index < -0.39 is 0 Å². The highest BCUT2D eigenvalue weighted by Crippen LogP contribution is 2.04. The van der Waals surface area contributed by atoms with Crippen LogP contribution in [0.15, 0.2) is 29.3 Å². The van der Waals surface area contributed by atoms with Crippen molar-refractivity contribution in [1.82, 2.24) is 16.0 Å². The number of hydrogen-bond acceptors (Lipinski definition) is 2. The van der Waals surface area contributed by atoms with Crippen LogP contribution in [-0.4, -0.2) is 31.1 Å². The van der Waals surface area contributed by atoms with E-state index in [9.17, 15) is 0 Å². The molecular weight excluding hydrogens is 387 g/mol. The summed E-state index contributed by atoms with van der Waals surface area (Å²) >= 11 is 0. The predicted octanol–water partition coefficient (Wildman–Crippen LogP) is 3.06. The van der Waals surface area contributed by atoms with E-state index in [0.717, 1.165) is 25.6 Å². The fourth-order valence-electron chi connectivity index (χ4n) is 1.94. The summed E-state index contributed by atoms with van der Waals surface area (Å²) in [6.45, 7) is 14.0. The van der Waals surface area contributed by atoms with Crippen molar-refractivity contribution in [1.29, 1.82) is 0 Å². The van der Waals surface area contributed by atoms with E-state index in [1.807, 2.05) is 0 Å². The molecule has 0 spiro atoms. The monoisotopic (exact) mass is 418 g/mol. The number of hydrogen-bond donors (Lipinski definition) is 3. The minimum Gasteiger partial charge on any atom is -0.357 e. The first-order chi connectivity index (χ1) is 9.90. The van der Waals surface area contributed by atoms with Gasteiger partial charge < -0.3 is 16.0 Å². The molecule has 1 aromatic rings. The van der Waals surface area contributed by atoms with Gasteiger partial charge in [-0.2, -0.15) is 0 Å². The first-order valence-corrected chi connectivity index (χ1v) is 7.73. The Morgan fingerprint density at radius 3 is 2.45 bits per heavy atom. The smallest absolute Gasteiger partial charge is 0.191 e. The lowest BCUT2D eigenvalue weighted by molar-refractivity contribution is 0.428. The van der Waals surface area contributed by atoms with Gasteiger partial charge in [-0.05, 0) is 40.2 Å². The molecule has 5 heteroatoms. The minimum atomic E-state index is 0. The Morgan fingerprint density at radius 2 is 1.86 bits per heavy atom. The summed E-state index contributed by atoms with van der Waals surface area (Å²) < 4.78 is 0. The van der Waals surface area contributed by atoms with Crippen molar-refractivity contribution in [2.45, 2.75) is 46.7 Å². The van der Waals surface area contributed by atoms with Crippen molar-refractivity contribution in [2.24, 2.45) is 4.99 Å². The van der Waals surface area contributed by atoms with E-state index in [2.05, 4.69) is 79.8 Å². The molecule has 0 aliphatic rings. The van der Waals surface area contributed by atoms with Gasteiger partial charge in [0.15, 0.2) is 5.96 Å². The number of halogens is 1. The molecule has 0 atom stereocenters. The summed E-state index contributed by atoms with van der Waals surface area (Å²) in [5.74, 6) is 0.870. The van der Waals surface area contributed by atoms with E-state index in [4.69, 9.17) is 0 Å². The van der Waals surface area contributed by atoms with E-state index >= 15 is 0 Å². The number of aliphatic imine (C=N–C) groups is 1. The molecule has 0 amide bonds. The summed E-state index contributed by atoms with van der Waals surface area (Å²) in [7, 11) is 0. The van der Waals surface area contributed by atoms with Gasteiger partial charge in [-0.1, -0.05) is 29.8 Å². The SMILES string of the molecule is CCNC(=NCc1cccc(C)c1)NCCNC(C)(C)C.I. The third-order valence-corrected chi connectivity index (χ3v) is 2.92. The lowest BCUT2D eigenvalue weighted by Gasteiger charge is -2.21. The largest absolute Gasteiger partial charge is 0.357 e. The van der Waals surface area contributed by atoms with Crippen LogP contribution in [0.25, 0.3) is 0 Å². The van der Waals surface area contributed by atoms with Crippen LogP contribution < -0.4 is 16.0 Å². The zero-order valence-electron chi connectivity index (χ0n) is 14.5. The molecule has 0 aliphatic carbocycles. The molecule has 22 heavy (non-hydrogen) atoms. The Morgan fingerprint density at radius 1 is 1.14 bits per heavy atom. The van der Waals surface area contributed by atoms with Gasteiger partial charge in [0.2, 0.25) is 0 Å². The van der Waals surface area contributed by atoms with E-state index in [1.54, 1.807) is 0 Å². The van der Waals surface area contributed by atoms with Crippen LogP contribution in [0.5, 0.6) is 0 Å². The Labute approximate surface area is 152 Å². The zero-order chi connectivity index (χ0) is 15.7. The van der Waals surface area contributed by atoms with Crippen LogP contribution >= 0.6 is 24.0 Å². The van der Waals surface area contributed by atoms with Crippen molar-refractivity contribution in [2.75, 3.05) is 19.6 Å². The van der Waals surface area contributed by atoms with Gasteiger partial charge in [0.1, 0.15) is 0 Å². The summed E-state index contributed by atoms with van der Waals surface area (Å²) in [5.41, 5.74) is 2.66. The molecule has 1 aromatic carbocycles. The molecule has 0 saturated carbocycles. The van der Waals surface area contributed by atoms with Gasteiger partial charge in [0.25, 0.3) is 0 Å². The number of rotatable bonds is 6. The van der Waals surface area contributed by atoms with Crippen LogP contribution in [0.2, 0.25) is 0 Å². The molecule has 0 saturated heterocycles. The maximum Gasteiger partial charge on any atom is 0.191 e. The van der Waals surface area contributed by atoms with Crippen molar-refractivity contribution in [3.63, 3.8) is 0 Å². The average Bonchev–Trinajstić information content (AvgIpc) is 2.39. The van der Waals surface area contributed by atoms with Crippen molar-refractivity contribution < 1.29 is 0 Å². The molecule has 0 bridgehead atoms. The average molecular weight is 418 g/mol. The zero-order valence-corrected chi connectivity index (χ0v) is 16.8. The van der Waals surface area contributed by atoms with Crippen molar-refractivity contribution in [3.05, 3.63) is 35.4 Å². The van der Waals surface area contributed by atoms with Gasteiger partial charge in [-0.25, -0.2) is 4.99 Å². The number of benzene rings is 1. The van der Waals surface area contributed by atoms with Crippen molar-refractivity contribution in [3.8, 4) is 0 Å². The number of aryl methyl sites for hydroxylation is 1. The maximum absolute atomic E-state index is 4.63. The molecular formula is C17H31IN4. The highest BCUT2D eigenvalue weighted by molar-refractivity contribution is 14.0. The number of nitrogens with one attached hydrogen (secondary N) is 3. The second-order valence-corrected chi connectivity index (χ2v) is 6.29. The first kappa shape index (κ1) is 21.2. The highest BCUT2D eigenvalue weighted by Gasteiger charge is 2.07. The summed E-state index contributed by atoms with van der Waals surface area (Å²) in [5, 5.41) is 10.1. The van der Waals surface area contributed by atoms with Crippen LogP contribution in [0.4, 0.5) is 0 Å². The standard InChI is InChI=1S/C17H30N4.HI/c1-6-18-16(19-10-11-21-17(3,4)5)20-13-15-9-7-8-14(2)12-15;/h7-9,12,21H,6,10-11,13H2,1-5H3,(H2,18,19,20);1H. The third kappa shape index (κ3) is 10.00. The molecule has 0 fully saturated rings. The molecule has 1 rings (SSSR count). The number of guanidine groups is 1. The Balaban J connectivity index is 0.00000441. The Kier molecular flexibility index (Phi) is 10.4. The number of nitrogens with zero attached hydrogens (tertiary/aromatic N) is 1.